The zero-order valence-corrected chi connectivity index (χ0v) is 22.0. The van der Waals surface area contributed by atoms with E-state index in [0.29, 0.717) is 34.8 Å². The number of nitrogens with zero attached hydrogens (tertiary/aromatic N) is 4. The Hall–Kier alpha value is -2.11. The maximum atomic E-state index is 6.65. The van der Waals surface area contributed by atoms with Gasteiger partial charge in [-0.05, 0) is 45.5 Å². The minimum absolute atomic E-state index is 0.0893. The summed E-state index contributed by atoms with van der Waals surface area (Å²) in [4.78, 5) is 19.5. The minimum Gasteiger partial charge on any atom is -0.462 e. The van der Waals surface area contributed by atoms with Gasteiger partial charge in [-0.3, -0.25) is 4.99 Å². The van der Waals surface area contributed by atoms with E-state index in [1.165, 1.54) is 11.8 Å². The molecule has 0 aliphatic carbocycles. The van der Waals surface area contributed by atoms with Crippen molar-refractivity contribution >= 4 is 46.9 Å². The summed E-state index contributed by atoms with van der Waals surface area (Å²) in [6, 6.07) is 4.33. The average molecular weight is 521 g/mol. The van der Waals surface area contributed by atoms with Crippen molar-refractivity contribution in [2.45, 2.75) is 43.7 Å². The third-order valence-corrected chi connectivity index (χ3v) is 8.36. The number of aromatic nitrogens is 2. The van der Waals surface area contributed by atoms with Crippen molar-refractivity contribution in [2.24, 2.45) is 21.1 Å². The molecule has 1 aromatic carbocycles. The summed E-state index contributed by atoms with van der Waals surface area (Å²) in [5.74, 6) is 0.939. The molecule has 9 nitrogen and oxygen atoms in total. The molecule has 1 aromatic heterocycles. The number of rotatable bonds is 8. The average Bonchev–Trinajstić information content (AvgIpc) is 3.41. The number of imidazole rings is 1. The number of nitrogens with one attached hydrogen (secondary N) is 1. The molecule has 0 amide bonds. The molecule has 3 N–H and O–H groups in total. The highest BCUT2D eigenvalue weighted by Crippen LogP contribution is 2.41. The number of hydrogen-bond acceptors (Lipinski definition) is 8. The Morgan fingerprint density at radius 2 is 2.20 bits per heavy atom. The molecule has 0 bridgehead atoms. The number of H-pyrrole nitrogens is 1. The number of piperidine rings is 1. The van der Waals surface area contributed by atoms with Crippen LogP contribution in [0, 0.1) is 5.41 Å². The summed E-state index contributed by atoms with van der Waals surface area (Å²) in [7, 11) is 1.62. The number of ether oxygens (including phenoxy) is 3. The van der Waals surface area contributed by atoms with Crippen LogP contribution in [0.15, 0.2) is 38.2 Å². The fraction of sp³-hybridized carbons (Fsp3) is 0.542. The van der Waals surface area contributed by atoms with E-state index in [2.05, 4.69) is 38.5 Å². The van der Waals surface area contributed by atoms with Crippen LogP contribution in [0.25, 0.3) is 11.0 Å². The van der Waals surface area contributed by atoms with Gasteiger partial charge in [0.2, 0.25) is 0 Å². The number of hydrogen-bond donors (Lipinski definition) is 2. The topological polar surface area (TPSA) is 110 Å². The number of aromatic amines is 1. The van der Waals surface area contributed by atoms with Gasteiger partial charge in [0.25, 0.3) is 6.01 Å². The summed E-state index contributed by atoms with van der Waals surface area (Å²) < 4.78 is 16.4. The number of aliphatic imine (C=N–C) groups is 2. The molecule has 35 heavy (non-hydrogen) atoms. The van der Waals surface area contributed by atoms with Gasteiger partial charge in [0.15, 0.2) is 0 Å². The first kappa shape index (κ1) is 26.0. The highest BCUT2D eigenvalue weighted by Gasteiger charge is 2.47. The van der Waals surface area contributed by atoms with Crippen LogP contribution in [0.3, 0.4) is 0 Å². The van der Waals surface area contributed by atoms with Crippen LogP contribution in [0.4, 0.5) is 0 Å². The van der Waals surface area contributed by atoms with Gasteiger partial charge in [-0.15, -0.1) is 0 Å². The van der Waals surface area contributed by atoms with Crippen molar-refractivity contribution in [3.63, 3.8) is 0 Å². The van der Waals surface area contributed by atoms with Gasteiger partial charge in [-0.25, -0.2) is 4.99 Å². The third-order valence-electron chi connectivity index (χ3n) is 6.86. The highest BCUT2D eigenvalue weighted by molar-refractivity contribution is 8.03. The number of amidine groups is 1. The first-order valence-corrected chi connectivity index (χ1v) is 12.9. The van der Waals surface area contributed by atoms with E-state index in [1.807, 2.05) is 19.1 Å². The summed E-state index contributed by atoms with van der Waals surface area (Å²) >= 11 is 8.04. The normalized spacial score (nSPS) is 22.8. The lowest BCUT2D eigenvalue weighted by Crippen LogP contribution is -2.51. The zero-order valence-electron chi connectivity index (χ0n) is 20.4. The smallest absolute Gasteiger partial charge is 0.294 e. The van der Waals surface area contributed by atoms with Gasteiger partial charge >= 0.3 is 0 Å². The van der Waals surface area contributed by atoms with Crippen LogP contribution in [0.2, 0.25) is 5.02 Å². The second-order valence-electron chi connectivity index (χ2n) is 8.95. The first-order chi connectivity index (χ1) is 16.9. The number of benzene rings is 1. The molecule has 1 spiro atoms. The van der Waals surface area contributed by atoms with Gasteiger partial charge < -0.3 is 29.8 Å². The van der Waals surface area contributed by atoms with E-state index in [4.69, 9.17) is 31.5 Å². The fourth-order valence-corrected chi connectivity index (χ4v) is 5.60. The Morgan fingerprint density at radius 3 is 2.86 bits per heavy atom. The van der Waals surface area contributed by atoms with Gasteiger partial charge in [-0.2, -0.15) is 4.98 Å². The van der Waals surface area contributed by atoms with Crippen molar-refractivity contribution in [2.75, 3.05) is 40.0 Å². The molecule has 2 aliphatic heterocycles. The van der Waals surface area contributed by atoms with Crippen LogP contribution >= 0.6 is 23.4 Å². The van der Waals surface area contributed by atoms with Crippen LogP contribution in [-0.2, 0) is 9.47 Å². The minimum atomic E-state index is 0.0893. The van der Waals surface area contributed by atoms with E-state index in [-0.39, 0.29) is 17.6 Å². The van der Waals surface area contributed by atoms with Crippen LogP contribution in [0.5, 0.6) is 6.01 Å². The summed E-state index contributed by atoms with van der Waals surface area (Å²) in [6.45, 7) is 11.2. The number of likely N-dealkylation sites (tertiary alicyclic amines) is 1. The van der Waals surface area contributed by atoms with E-state index in [1.54, 1.807) is 13.3 Å². The molecule has 4 rings (SSSR count). The van der Waals surface area contributed by atoms with E-state index in [9.17, 15) is 0 Å². The van der Waals surface area contributed by atoms with Crippen LogP contribution < -0.4 is 10.5 Å². The quantitative estimate of drug-likeness (QED) is 0.233. The molecule has 0 unspecified atom stereocenters. The Morgan fingerprint density at radius 1 is 1.43 bits per heavy atom. The molecule has 11 heteroatoms. The predicted octanol–water partition coefficient (Wildman–Crippen LogP) is 4.08. The number of halogens is 1. The van der Waals surface area contributed by atoms with Gasteiger partial charge in [-0.1, -0.05) is 23.4 Å². The van der Waals surface area contributed by atoms with Gasteiger partial charge in [0.05, 0.1) is 36.1 Å². The van der Waals surface area contributed by atoms with Gasteiger partial charge in [0, 0.05) is 36.6 Å². The Bertz CT molecular complexity index is 1110. The molecule has 2 aromatic rings. The second-order valence-corrected chi connectivity index (χ2v) is 10.4. The van der Waals surface area contributed by atoms with Gasteiger partial charge in [0.1, 0.15) is 23.0 Å². The number of methoxy groups -OCH3 is 1. The Balaban J connectivity index is 1.41. The first-order valence-electron chi connectivity index (χ1n) is 11.7. The summed E-state index contributed by atoms with van der Waals surface area (Å²) in [6.07, 6.45) is 3.87. The number of nitrogens with two attached hydrogens (primary N) is 1. The SMILES string of the molecule is C=N/C(=C\N=C(C)N1CCC2(CC1)CO[C@@H](C)[C@H]2N)Sc1ccc2[nH]c(OCCOC)nc2c1Cl. The van der Waals surface area contributed by atoms with E-state index < -0.39 is 0 Å². The largest absolute Gasteiger partial charge is 0.462 e. The summed E-state index contributed by atoms with van der Waals surface area (Å²) in [5.41, 5.74) is 7.96. The molecule has 2 saturated heterocycles. The second kappa shape index (κ2) is 11.3. The Kier molecular flexibility index (Phi) is 8.38. The molecular weight excluding hydrogens is 488 g/mol. The lowest BCUT2D eigenvalue weighted by molar-refractivity contribution is 0.0838. The molecule has 2 atom stereocenters. The summed E-state index contributed by atoms with van der Waals surface area (Å²) in [5, 5.41) is 1.16. The standard InChI is InChI=1S/C24H33ClN6O3S/c1-15-22(26)24(14-34-15)7-9-31(10-8-24)16(2)28-13-19(27-3)35-18-6-5-17-21(20(18)25)30-23(29-17)33-12-11-32-4/h5-6,13,15,22H,3,7-12,14,26H2,1-2,4H3,(H,29,30)/b19-13+,28-16?/t15-,22+/m0/s1. The molecule has 2 aliphatic rings. The number of fused-ring (bicyclic) bond motifs is 1. The van der Waals surface area contributed by atoms with E-state index in [0.717, 1.165) is 48.8 Å². The van der Waals surface area contributed by atoms with Crippen molar-refractivity contribution in [1.82, 2.24) is 14.9 Å². The molecule has 2 fully saturated rings. The molecule has 3 heterocycles. The fourth-order valence-electron chi connectivity index (χ4n) is 4.56. The lowest BCUT2D eigenvalue weighted by Gasteiger charge is -2.41. The van der Waals surface area contributed by atoms with Crippen LogP contribution in [0.1, 0.15) is 26.7 Å². The maximum absolute atomic E-state index is 6.65. The lowest BCUT2D eigenvalue weighted by atomic mass is 9.73. The van der Waals surface area contributed by atoms with Crippen molar-refractivity contribution in [3.8, 4) is 6.01 Å². The van der Waals surface area contributed by atoms with Crippen molar-refractivity contribution < 1.29 is 14.2 Å². The monoisotopic (exact) mass is 520 g/mol. The molecule has 190 valence electrons. The third kappa shape index (κ3) is 5.67. The molecular formula is C24H33ClN6O3S. The predicted molar refractivity (Wildman–Crippen MR) is 142 cm³/mol. The maximum Gasteiger partial charge on any atom is 0.294 e. The van der Waals surface area contributed by atoms with Crippen LogP contribution in [-0.4, -0.2) is 79.6 Å². The Labute approximate surface area is 215 Å². The number of thioether (sulfide) groups is 1. The zero-order chi connectivity index (χ0) is 25.0. The molecule has 0 saturated carbocycles. The highest BCUT2D eigenvalue weighted by atomic mass is 35.5. The van der Waals surface area contributed by atoms with Crippen molar-refractivity contribution in [3.05, 3.63) is 28.4 Å². The van der Waals surface area contributed by atoms with Crippen molar-refractivity contribution in [1.29, 1.82) is 0 Å². The van der Waals surface area contributed by atoms with E-state index >= 15 is 0 Å². The molecule has 0 radical (unpaired) electrons.